The van der Waals surface area contributed by atoms with Gasteiger partial charge in [-0.1, -0.05) is 0 Å². The summed E-state index contributed by atoms with van der Waals surface area (Å²) >= 11 is 0. The first kappa shape index (κ1) is 12.0. The smallest absolute Gasteiger partial charge is 0.306 e. The number of likely N-dealkylation sites (tertiary alicyclic amines) is 1. The third-order valence-corrected chi connectivity index (χ3v) is 2.68. The fourth-order valence-electron chi connectivity index (χ4n) is 1.74. The first-order chi connectivity index (χ1) is 6.82. The van der Waals surface area contributed by atoms with Crippen LogP contribution in [0, 0.1) is 5.92 Å². The van der Waals surface area contributed by atoms with E-state index in [1.807, 2.05) is 0 Å². The van der Waals surface area contributed by atoms with Crippen LogP contribution in [0.5, 0.6) is 0 Å². The highest BCUT2D eigenvalue weighted by atomic mass is 16.4. The lowest BCUT2D eigenvalue weighted by Crippen LogP contribution is -2.53. The summed E-state index contributed by atoms with van der Waals surface area (Å²) in [6.45, 7) is 4.32. The van der Waals surface area contributed by atoms with Gasteiger partial charge >= 0.3 is 5.97 Å². The minimum atomic E-state index is -0.865. The van der Waals surface area contributed by atoms with Crippen molar-refractivity contribution in [1.29, 1.82) is 0 Å². The topological polar surface area (TPSA) is 83.6 Å². The number of hydrogen-bond donors (Lipinski definition) is 2. The molecule has 1 fully saturated rings. The Labute approximate surface area is 89.2 Å². The summed E-state index contributed by atoms with van der Waals surface area (Å²) in [5.41, 5.74) is 4.83. The average molecular weight is 214 g/mol. The predicted octanol–water partition coefficient (Wildman–Crippen LogP) is 0.0469. The quantitative estimate of drug-likeness (QED) is 0.680. The largest absolute Gasteiger partial charge is 0.481 e. The number of carbonyl (C=O) groups is 2. The van der Waals surface area contributed by atoms with Gasteiger partial charge in [0.05, 0.1) is 11.5 Å². The fraction of sp³-hybridized carbons (Fsp3) is 0.800. The van der Waals surface area contributed by atoms with Crippen molar-refractivity contribution in [3.8, 4) is 0 Å². The molecule has 0 radical (unpaired) electrons. The zero-order valence-corrected chi connectivity index (χ0v) is 9.19. The van der Waals surface area contributed by atoms with Crippen LogP contribution in [0.2, 0.25) is 0 Å². The van der Waals surface area contributed by atoms with Crippen molar-refractivity contribution in [1.82, 2.24) is 4.90 Å². The van der Waals surface area contributed by atoms with Gasteiger partial charge in [-0.15, -0.1) is 0 Å². The van der Waals surface area contributed by atoms with E-state index in [1.54, 1.807) is 18.7 Å². The molecule has 1 heterocycles. The predicted molar refractivity (Wildman–Crippen MR) is 55.2 cm³/mol. The number of amides is 1. The maximum Gasteiger partial charge on any atom is 0.306 e. The lowest BCUT2D eigenvalue weighted by atomic mass is 9.95. The van der Waals surface area contributed by atoms with Crippen LogP contribution in [0.1, 0.15) is 26.7 Å². The van der Waals surface area contributed by atoms with Gasteiger partial charge < -0.3 is 15.7 Å². The molecule has 0 aromatic heterocycles. The van der Waals surface area contributed by atoms with Crippen LogP contribution in [0.3, 0.4) is 0 Å². The molecule has 1 saturated heterocycles. The number of piperidine rings is 1. The Kier molecular flexibility index (Phi) is 3.34. The number of carbonyl (C=O) groups excluding carboxylic acids is 1. The third-order valence-electron chi connectivity index (χ3n) is 2.68. The molecule has 0 unspecified atom stereocenters. The molecule has 5 heteroatoms. The zero-order chi connectivity index (χ0) is 11.6. The monoisotopic (exact) mass is 214 g/mol. The summed E-state index contributed by atoms with van der Waals surface area (Å²) in [5, 5.41) is 8.79. The van der Waals surface area contributed by atoms with Crippen molar-refractivity contribution in [3.63, 3.8) is 0 Å². The van der Waals surface area contributed by atoms with E-state index >= 15 is 0 Å². The summed E-state index contributed by atoms with van der Waals surface area (Å²) in [5.74, 6) is -1.18. The zero-order valence-electron chi connectivity index (χ0n) is 9.19. The Balaban J connectivity index is 2.51. The fourth-order valence-corrected chi connectivity index (χ4v) is 1.74. The highest BCUT2D eigenvalue weighted by Crippen LogP contribution is 2.19. The minimum absolute atomic E-state index is 0.105. The number of hydrogen-bond acceptors (Lipinski definition) is 3. The molecular weight excluding hydrogens is 196 g/mol. The average Bonchev–Trinajstić information content (AvgIpc) is 2.15. The van der Waals surface area contributed by atoms with Crippen LogP contribution in [0.15, 0.2) is 0 Å². The molecule has 0 aromatic rings. The van der Waals surface area contributed by atoms with E-state index < -0.39 is 11.5 Å². The number of carboxylic acids is 1. The standard InChI is InChI=1S/C10H18N2O3/c1-10(2,11)9(15)12-5-3-7(4-6-12)8(13)14/h7H,3-6,11H2,1-2H3,(H,13,14). The molecule has 15 heavy (non-hydrogen) atoms. The highest BCUT2D eigenvalue weighted by Gasteiger charge is 2.32. The first-order valence-corrected chi connectivity index (χ1v) is 5.13. The van der Waals surface area contributed by atoms with Gasteiger partial charge in [-0.2, -0.15) is 0 Å². The van der Waals surface area contributed by atoms with Crippen molar-refractivity contribution in [2.45, 2.75) is 32.2 Å². The minimum Gasteiger partial charge on any atom is -0.481 e. The van der Waals surface area contributed by atoms with E-state index in [-0.39, 0.29) is 11.8 Å². The molecule has 1 rings (SSSR count). The van der Waals surface area contributed by atoms with Crippen molar-refractivity contribution >= 4 is 11.9 Å². The van der Waals surface area contributed by atoms with E-state index in [0.717, 1.165) is 0 Å². The molecule has 0 atom stereocenters. The van der Waals surface area contributed by atoms with Gasteiger partial charge in [0.1, 0.15) is 0 Å². The molecule has 1 amide bonds. The van der Waals surface area contributed by atoms with Crippen molar-refractivity contribution in [2.75, 3.05) is 13.1 Å². The summed E-state index contributed by atoms with van der Waals surface area (Å²) < 4.78 is 0. The number of carboxylic acid groups (broad SMARTS) is 1. The Morgan fingerprint density at radius 1 is 1.33 bits per heavy atom. The Morgan fingerprint density at radius 3 is 2.13 bits per heavy atom. The lowest BCUT2D eigenvalue weighted by molar-refractivity contribution is -0.146. The van der Waals surface area contributed by atoms with Crippen LogP contribution in [-0.4, -0.2) is 40.5 Å². The van der Waals surface area contributed by atoms with Gasteiger partial charge in [-0.05, 0) is 26.7 Å². The number of aliphatic carboxylic acids is 1. The van der Waals surface area contributed by atoms with Crippen LogP contribution >= 0.6 is 0 Å². The van der Waals surface area contributed by atoms with Gasteiger partial charge in [0.2, 0.25) is 5.91 Å². The second-order valence-electron chi connectivity index (χ2n) is 4.63. The van der Waals surface area contributed by atoms with E-state index in [0.29, 0.717) is 25.9 Å². The third kappa shape index (κ3) is 2.92. The second kappa shape index (κ2) is 4.18. The Hall–Kier alpha value is -1.10. The number of rotatable bonds is 2. The van der Waals surface area contributed by atoms with Crippen molar-refractivity contribution in [2.24, 2.45) is 11.7 Å². The Morgan fingerprint density at radius 2 is 1.80 bits per heavy atom. The first-order valence-electron chi connectivity index (χ1n) is 5.13. The van der Waals surface area contributed by atoms with Crippen molar-refractivity contribution < 1.29 is 14.7 Å². The Bertz CT molecular complexity index is 262. The second-order valence-corrected chi connectivity index (χ2v) is 4.63. The maximum absolute atomic E-state index is 11.7. The molecular formula is C10H18N2O3. The number of nitrogens with zero attached hydrogens (tertiary/aromatic N) is 1. The van der Waals surface area contributed by atoms with Gasteiger partial charge in [0.25, 0.3) is 0 Å². The van der Waals surface area contributed by atoms with Crippen LogP contribution in [-0.2, 0) is 9.59 Å². The summed E-state index contributed by atoms with van der Waals surface area (Å²) in [4.78, 5) is 24.1. The van der Waals surface area contributed by atoms with E-state index in [2.05, 4.69) is 0 Å². The molecule has 0 aliphatic carbocycles. The van der Waals surface area contributed by atoms with Gasteiger partial charge in [0, 0.05) is 13.1 Å². The highest BCUT2D eigenvalue weighted by molar-refractivity contribution is 5.85. The lowest BCUT2D eigenvalue weighted by Gasteiger charge is -2.34. The summed E-state index contributed by atoms with van der Waals surface area (Å²) in [7, 11) is 0. The van der Waals surface area contributed by atoms with Crippen LogP contribution in [0.25, 0.3) is 0 Å². The van der Waals surface area contributed by atoms with Crippen LogP contribution in [0.4, 0.5) is 0 Å². The van der Waals surface area contributed by atoms with Gasteiger partial charge in [0.15, 0.2) is 0 Å². The molecule has 5 nitrogen and oxygen atoms in total. The van der Waals surface area contributed by atoms with Crippen molar-refractivity contribution in [3.05, 3.63) is 0 Å². The normalized spacial score (nSPS) is 19.0. The maximum atomic E-state index is 11.7. The SMILES string of the molecule is CC(C)(N)C(=O)N1CCC(C(=O)O)CC1. The molecule has 3 N–H and O–H groups in total. The van der Waals surface area contributed by atoms with E-state index in [4.69, 9.17) is 10.8 Å². The molecule has 86 valence electrons. The molecule has 0 saturated carbocycles. The van der Waals surface area contributed by atoms with Gasteiger partial charge in [-0.3, -0.25) is 9.59 Å². The van der Waals surface area contributed by atoms with E-state index in [1.165, 1.54) is 0 Å². The summed E-state index contributed by atoms with van der Waals surface area (Å²) in [6, 6.07) is 0. The van der Waals surface area contributed by atoms with Gasteiger partial charge in [-0.25, -0.2) is 0 Å². The number of nitrogens with two attached hydrogens (primary N) is 1. The molecule has 0 bridgehead atoms. The summed E-state index contributed by atoms with van der Waals surface area (Å²) in [6.07, 6.45) is 1.05. The molecule has 0 aromatic carbocycles. The molecule has 0 spiro atoms. The molecule has 1 aliphatic heterocycles. The van der Waals surface area contributed by atoms with E-state index in [9.17, 15) is 9.59 Å². The van der Waals surface area contributed by atoms with Crippen LogP contribution < -0.4 is 5.73 Å². The molecule has 1 aliphatic rings.